The van der Waals surface area contributed by atoms with E-state index < -0.39 is 0 Å². The van der Waals surface area contributed by atoms with Crippen molar-refractivity contribution in [1.29, 1.82) is 0 Å². The molecule has 3 nitrogen and oxygen atoms in total. The lowest BCUT2D eigenvalue weighted by atomic mass is 9.75. The predicted molar refractivity (Wildman–Crippen MR) is 66.1 cm³/mol. The van der Waals surface area contributed by atoms with E-state index in [1.807, 2.05) is 17.0 Å². The van der Waals surface area contributed by atoms with Crippen molar-refractivity contribution >= 4 is 5.91 Å². The normalized spacial score (nSPS) is 20.9. The number of rotatable bonds is 2. The summed E-state index contributed by atoms with van der Waals surface area (Å²) in [6, 6.07) is 8.26. The van der Waals surface area contributed by atoms with Gasteiger partial charge in [0.15, 0.2) is 0 Å². The van der Waals surface area contributed by atoms with Crippen LogP contribution >= 0.6 is 0 Å². The maximum Gasteiger partial charge on any atom is 0.225 e. The van der Waals surface area contributed by atoms with Crippen LogP contribution in [-0.4, -0.2) is 16.3 Å². The summed E-state index contributed by atoms with van der Waals surface area (Å²) in [5.41, 5.74) is 8.48. The minimum absolute atomic E-state index is 0.203. The number of hydrogen-bond acceptors (Lipinski definition) is 2. The summed E-state index contributed by atoms with van der Waals surface area (Å²) in [7, 11) is 0. The predicted octanol–water partition coefficient (Wildman–Crippen LogP) is 1.80. The van der Waals surface area contributed by atoms with Crippen molar-refractivity contribution in [3.8, 4) is 0 Å². The molecule has 3 heteroatoms. The van der Waals surface area contributed by atoms with Crippen LogP contribution in [0.1, 0.15) is 36.8 Å². The van der Waals surface area contributed by atoms with Crippen molar-refractivity contribution in [2.24, 2.45) is 5.73 Å². The molecule has 2 aliphatic rings. The van der Waals surface area contributed by atoms with E-state index in [2.05, 4.69) is 12.1 Å². The summed E-state index contributed by atoms with van der Waals surface area (Å²) in [5, 5.41) is 0. The van der Waals surface area contributed by atoms with Crippen molar-refractivity contribution in [1.82, 2.24) is 4.90 Å². The number of carbonyl (C=O) groups is 1. The first-order valence-electron chi connectivity index (χ1n) is 6.30. The summed E-state index contributed by atoms with van der Waals surface area (Å²) in [5.74, 6) is 0.211. The highest BCUT2D eigenvalue weighted by Gasteiger charge is 2.36. The van der Waals surface area contributed by atoms with Crippen LogP contribution in [-0.2, 0) is 17.9 Å². The van der Waals surface area contributed by atoms with Gasteiger partial charge in [0.1, 0.15) is 0 Å². The Morgan fingerprint density at radius 2 is 1.82 bits per heavy atom. The number of nitrogens with two attached hydrogens (primary N) is 1. The van der Waals surface area contributed by atoms with E-state index in [0.29, 0.717) is 6.42 Å². The summed E-state index contributed by atoms with van der Waals surface area (Å²) in [4.78, 5) is 14.1. The van der Waals surface area contributed by atoms with E-state index in [9.17, 15) is 4.79 Å². The molecule has 2 N–H and O–H groups in total. The Labute approximate surface area is 102 Å². The van der Waals surface area contributed by atoms with Crippen LogP contribution in [0, 0.1) is 0 Å². The van der Waals surface area contributed by atoms with Gasteiger partial charge in [-0.3, -0.25) is 4.79 Å². The van der Waals surface area contributed by atoms with Crippen LogP contribution in [0.3, 0.4) is 0 Å². The highest BCUT2D eigenvalue weighted by Crippen LogP contribution is 2.33. The standard InChI is InChI=1S/C14H18N2O/c15-14(6-3-7-14)8-13(17)16-9-11-4-1-2-5-12(11)10-16/h1-2,4-5H,3,6-10,15H2. The Morgan fingerprint density at radius 1 is 1.24 bits per heavy atom. The third kappa shape index (κ3) is 1.95. The number of hydrogen-bond donors (Lipinski definition) is 1. The van der Waals surface area contributed by atoms with Crippen molar-refractivity contribution in [2.45, 2.75) is 44.3 Å². The van der Waals surface area contributed by atoms with E-state index in [-0.39, 0.29) is 11.4 Å². The van der Waals surface area contributed by atoms with Gasteiger partial charge in [-0.25, -0.2) is 0 Å². The Kier molecular flexibility index (Phi) is 2.44. The topological polar surface area (TPSA) is 46.3 Å². The number of amides is 1. The molecule has 17 heavy (non-hydrogen) atoms. The minimum atomic E-state index is -0.203. The van der Waals surface area contributed by atoms with Gasteiger partial charge in [-0.15, -0.1) is 0 Å². The van der Waals surface area contributed by atoms with E-state index in [4.69, 9.17) is 5.73 Å². The lowest BCUT2D eigenvalue weighted by Gasteiger charge is -2.38. The fourth-order valence-corrected chi connectivity index (χ4v) is 2.73. The molecule has 0 saturated heterocycles. The highest BCUT2D eigenvalue weighted by molar-refractivity contribution is 5.78. The van der Waals surface area contributed by atoms with Gasteiger partial charge < -0.3 is 10.6 Å². The molecule has 3 rings (SSSR count). The Morgan fingerprint density at radius 3 is 2.29 bits per heavy atom. The van der Waals surface area contributed by atoms with Gasteiger partial charge in [-0.05, 0) is 30.4 Å². The SMILES string of the molecule is NC1(CC(=O)N2Cc3ccccc3C2)CCC1. The average Bonchev–Trinajstić information content (AvgIpc) is 2.70. The molecule has 1 fully saturated rings. The van der Waals surface area contributed by atoms with Crippen molar-refractivity contribution < 1.29 is 4.79 Å². The van der Waals surface area contributed by atoms with Crippen LogP contribution in [0.4, 0.5) is 0 Å². The van der Waals surface area contributed by atoms with E-state index in [1.54, 1.807) is 0 Å². The summed E-state index contributed by atoms with van der Waals surface area (Å²) < 4.78 is 0. The van der Waals surface area contributed by atoms with Crippen LogP contribution < -0.4 is 5.73 Å². The van der Waals surface area contributed by atoms with Gasteiger partial charge in [0.25, 0.3) is 0 Å². The molecule has 0 bridgehead atoms. The quantitative estimate of drug-likeness (QED) is 0.842. The van der Waals surface area contributed by atoms with Gasteiger partial charge in [0.05, 0.1) is 0 Å². The molecule has 1 aromatic rings. The van der Waals surface area contributed by atoms with Crippen molar-refractivity contribution in [3.63, 3.8) is 0 Å². The first kappa shape index (κ1) is 10.8. The smallest absolute Gasteiger partial charge is 0.225 e. The number of nitrogens with zero attached hydrogens (tertiary/aromatic N) is 1. The molecular weight excluding hydrogens is 212 g/mol. The molecule has 0 aromatic heterocycles. The third-order valence-corrected chi connectivity index (χ3v) is 4.05. The van der Waals surface area contributed by atoms with E-state index >= 15 is 0 Å². The number of benzene rings is 1. The van der Waals surface area contributed by atoms with Crippen molar-refractivity contribution in [3.05, 3.63) is 35.4 Å². The van der Waals surface area contributed by atoms with Gasteiger partial charge in [0, 0.05) is 25.0 Å². The lowest BCUT2D eigenvalue weighted by Crippen LogP contribution is -2.50. The Balaban J connectivity index is 1.66. The zero-order chi connectivity index (χ0) is 11.9. The largest absolute Gasteiger partial charge is 0.334 e. The zero-order valence-corrected chi connectivity index (χ0v) is 9.98. The molecule has 1 heterocycles. The zero-order valence-electron chi connectivity index (χ0n) is 9.98. The first-order chi connectivity index (χ1) is 8.16. The second kappa shape index (κ2) is 3.84. The molecule has 0 unspecified atom stereocenters. The monoisotopic (exact) mass is 230 g/mol. The van der Waals surface area contributed by atoms with Crippen LogP contribution in [0.5, 0.6) is 0 Å². The van der Waals surface area contributed by atoms with Crippen LogP contribution in [0.25, 0.3) is 0 Å². The second-order valence-corrected chi connectivity index (χ2v) is 5.41. The van der Waals surface area contributed by atoms with Gasteiger partial charge in [0.2, 0.25) is 5.91 Å². The van der Waals surface area contributed by atoms with Gasteiger partial charge in [-0.2, -0.15) is 0 Å². The molecule has 0 spiro atoms. The molecular formula is C14H18N2O. The molecule has 90 valence electrons. The van der Waals surface area contributed by atoms with E-state index in [0.717, 1.165) is 25.9 Å². The summed E-state index contributed by atoms with van der Waals surface area (Å²) in [6.45, 7) is 1.51. The van der Waals surface area contributed by atoms with Gasteiger partial charge >= 0.3 is 0 Å². The van der Waals surface area contributed by atoms with E-state index in [1.165, 1.54) is 17.5 Å². The minimum Gasteiger partial charge on any atom is -0.334 e. The maximum atomic E-state index is 12.2. The number of fused-ring (bicyclic) bond motifs is 1. The third-order valence-electron chi connectivity index (χ3n) is 4.05. The average molecular weight is 230 g/mol. The van der Waals surface area contributed by atoms with Crippen LogP contribution in [0.2, 0.25) is 0 Å². The Bertz CT molecular complexity index is 426. The second-order valence-electron chi connectivity index (χ2n) is 5.41. The summed E-state index contributed by atoms with van der Waals surface area (Å²) in [6.07, 6.45) is 3.68. The maximum absolute atomic E-state index is 12.2. The number of carbonyl (C=O) groups excluding carboxylic acids is 1. The fourth-order valence-electron chi connectivity index (χ4n) is 2.73. The lowest BCUT2D eigenvalue weighted by molar-refractivity contribution is -0.133. The molecule has 1 saturated carbocycles. The first-order valence-corrected chi connectivity index (χ1v) is 6.30. The Hall–Kier alpha value is -1.35. The van der Waals surface area contributed by atoms with Crippen LogP contribution in [0.15, 0.2) is 24.3 Å². The molecule has 1 aliphatic heterocycles. The summed E-state index contributed by atoms with van der Waals surface area (Å²) >= 11 is 0. The van der Waals surface area contributed by atoms with Gasteiger partial charge in [-0.1, -0.05) is 24.3 Å². The highest BCUT2D eigenvalue weighted by atomic mass is 16.2. The molecule has 1 aromatic carbocycles. The molecule has 1 amide bonds. The molecule has 0 atom stereocenters. The molecule has 1 aliphatic carbocycles. The van der Waals surface area contributed by atoms with Crippen molar-refractivity contribution in [2.75, 3.05) is 0 Å². The molecule has 0 radical (unpaired) electrons. The fraction of sp³-hybridized carbons (Fsp3) is 0.500.